The van der Waals surface area contributed by atoms with Crippen molar-refractivity contribution in [2.45, 2.75) is 39.4 Å². The molecule has 2 heterocycles. The first-order valence-electron chi connectivity index (χ1n) is 8.67. The smallest absolute Gasteiger partial charge is 0.0945 e. The zero-order chi connectivity index (χ0) is 16.1. The first-order chi connectivity index (χ1) is 11.2. The summed E-state index contributed by atoms with van der Waals surface area (Å²) in [7, 11) is 2.04. The summed E-state index contributed by atoms with van der Waals surface area (Å²) in [5, 5.41) is 3.55. The van der Waals surface area contributed by atoms with Crippen LogP contribution in [-0.4, -0.2) is 27.5 Å². The molecule has 1 aliphatic rings. The fourth-order valence-corrected chi connectivity index (χ4v) is 3.44. The minimum Gasteiger partial charge on any atom is -0.337 e. The Bertz CT molecular complexity index is 619. The van der Waals surface area contributed by atoms with E-state index in [0.29, 0.717) is 0 Å². The van der Waals surface area contributed by atoms with Crippen molar-refractivity contribution in [2.24, 2.45) is 13.0 Å². The maximum absolute atomic E-state index is 4.17. The minimum atomic E-state index is 0.832. The average Bonchev–Trinajstić information content (AvgIpc) is 2.94. The van der Waals surface area contributed by atoms with Gasteiger partial charge in [-0.25, -0.2) is 4.98 Å². The molecule has 4 heteroatoms. The van der Waals surface area contributed by atoms with Gasteiger partial charge in [0.05, 0.1) is 12.0 Å². The van der Waals surface area contributed by atoms with Gasteiger partial charge in [0.25, 0.3) is 0 Å². The van der Waals surface area contributed by atoms with Crippen LogP contribution in [-0.2, 0) is 26.7 Å². The minimum absolute atomic E-state index is 0.832. The van der Waals surface area contributed by atoms with Crippen LogP contribution in [0, 0.1) is 5.92 Å². The molecular formula is C19H28N4. The Hall–Kier alpha value is -1.65. The molecule has 1 fully saturated rings. The molecule has 0 bridgehead atoms. The molecule has 4 nitrogen and oxygen atoms in total. The van der Waals surface area contributed by atoms with E-state index < -0.39 is 0 Å². The molecule has 1 aromatic heterocycles. The maximum Gasteiger partial charge on any atom is 0.0945 e. The predicted molar refractivity (Wildman–Crippen MR) is 93.9 cm³/mol. The van der Waals surface area contributed by atoms with Crippen molar-refractivity contribution in [2.75, 3.05) is 13.1 Å². The number of aromatic nitrogens is 2. The Morgan fingerprint density at radius 1 is 1.22 bits per heavy atom. The number of aryl methyl sites for hydroxylation is 1. The van der Waals surface area contributed by atoms with Gasteiger partial charge < -0.3 is 9.88 Å². The Morgan fingerprint density at radius 3 is 2.78 bits per heavy atom. The van der Waals surface area contributed by atoms with Crippen molar-refractivity contribution < 1.29 is 0 Å². The highest BCUT2D eigenvalue weighted by Gasteiger charge is 2.17. The van der Waals surface area contributed by atoms with Crippen molar-refractivity contribution in [3.63, 3.8) is 0 Å². The van der Waals surface area contributed by atoms with Gasteiger partial charge in [-0.2, -0.15) is 0 Å². The van der Waals surface area contributed by atoms with E-state index in [4.69, 9.17) is 0 Å². The molecule has 1 atom stereocenters. The van der Waals surface area contributed by atoms with Crippen LogP contribution >= 0.6 is 0 Å². The van der Waals surface area contributed by atoms with Crippen molar-refractivity contribution in [3.05, 3.63) is 53.6 Å². The second-order valence-electron chi connectivity index (χ2n) is 6.85. The van der Waals surface area contributed by atoms with Crippen molar-refractivity contribution in [1.82, 2.24) is 19.8 Å². The third-order valence-electron chi connectivity index (χ3n) is 4.79. The number of imidazole rings is 1. The second kappa shape index (κ2) is 7.75. The second-order valence-corrected chi connectivity index (χ2v) is 6.85. The quantitative estimate of drug-likeness (QED) is 0.890. The lowest BCUT2D eigenvalue weighted by Gasteiger charge is -2.31. The summed E-state index contributed by atoms with van der Waals surface area (Å²) in [6, 6.07) is 8.83. The lowest BCUT2D eigenvalue weighted by molar-refractivity contribution is 0.176. The summed E-state index contributed by atoms with van der Waals surface area (Å²) >= 11 is 0. The summed E-state index contributed by atoms with van der Waals surface area (Å²) in [5.74, 6) is 0.832. The molecule has 124 valence electrons. The van der Waals surface area contributed by atoms with E-state index in [2.05, 4.69) is 51.0 Å². The normalized spacial score (nSPS) is 19.1. The first-order valence-corrected chi connectivity index (χ1v) is 8.67. The van der Waals surface area contributed by atoms with Crippen molar-refractivity contribution >= 4 is 0 Å². The molecule has 1 aromatic carbocycles. The summed E-state index contributed by atoms with van der Waals surface area (Å²) in [4.78, 5) is 6.77. The lowest BCUT2D eigenvalue weighted by Crippen LogP contribution is -2.34. The fourth-order valence-electron chi connectivity index (χ4n) is 3.44. The standard InChI is InChI=1S/C19H28N4/c1-16-6-5-9-23(13-16)14-18-8-4-3-7-17(18)10-20-11-19-12-21-15-22(19)2/h3-4,7-8,12,15-16,20H,5-6,9-11,13-14H2,1-2H3. The van der Waals surface area contributed by atoms with Crippen LogP contribution in [0.2, 0.25) is 0 Å². The van der Waals surface area contributed by atoms with Gasteiger partial charge in [0.2, 0.25) is 0 Å². The van der Waals surface area contributed by atoms with Gasteiger partial charge in [-0.3, -0.25) is 4.90 Å². The first kappa shape index (κ1) is 16.2. The van der Waals surface area contributed by atoms with Gasteiger partial charge in [-0.1, -0.05) is 31.2 Å². The number of nitrogens with one attached hydrogen (secondary N) is 1. The molecule has 1 N–H and O–H groups in total. The Balaban J connectivity index is 1.58. The number of piperidine rings is 1. The zero-order valence-electron chi connectivity index (χ0n) is 14.3. The molecule has 3 rings (SSSR count). The van der Waals surface area contributed by atoms with E-state index in [0.717, 1.165) is 25.6 Å². The Kier molecular flexibility index (Phi) is 5.47. The van der Waals surface area contributed by atoms with E-state index in [1.165, 1.54) is 42.8 Å². The van der Waals surface area contributed by atoms with Crippen LogP contribution in [0.4, 0.5) is 0 Å². The molecule has 0 aliphatic carbocycles. The highest BCUT2D eigenvalue weighted by atomic mass is 15.1. The Morgan fingerprint density at radius 2 is 2.04 bits per heavy atom. The summed E-state index contributed by atoms with van der Waals surface area (Å²) in [6.45, 7) is 7.68. The molecule has 1 saturated heterocycles. The summed E-state index contributed by atoms with van der Waals surface area (Å²) in [6.07, 6.45) is 6.49. The molecule has 0 spiro atoms. The fraction of sp³-hybridized carbons (Fsp3) is 0.526. The lowest BCUT2D eigenvalue weighted by atomic mass is 9.99. The van der Waals surface area contributed by atoms with Crippen LogP contribution < -0.4 is 5.32 Å². The topological polar surface area (TPSA) is 33.1 Å². The van der Waals surface area contributed by atoms with Crippen LogP contribution in [0.1, 0.15) is 36.6 Å². The average molecular weight is 312 g/mol. The van der Waals surface area contributed by atoms with E-state index in [9.17, 15) is 0 Å². The van der Waals surface area contributed by atoms with Crippen molar-refractivity contribution in [1.29, 1.82) is 0 Å². The molecule has 0 saturated carbocycles. The molecule has 2 aromatic rings. The van der Waals surface area contributed by atoms with Gasteiger partial charge in [-0.05, 0) is 36.4 Å². The van der Waals surface area contributed by atoms with Crippen LogP contribution in [0.5, 0.6) is 0 Å². The van der Waals surface area contributed by atoms with Crippen LogP contribution in [0.15, 0.2) is 36.8 Å². The molecule has 1 aliphatic heterocycles. The van der Waals surface area contributed by atoms with E-state index in [-0.39, 0.29) is 0 Å². The van der Waals surface area contributed by atoms with Gasteiger partial charge >= 0.3 is 0 Å². The van der Waals surface area contributed by atoms with Gasteiger partial charge in [0, 0.05) is 39.4 Å². The molecule has 0 amide bonds. The molecule has 23 heavy (non-hydrogen) atoms. The highest BCUT2D eigenvalue weighted by molar-refractivity contribution is 5.27. The predicted octanol–water partition coefficient (Wildman–Crippen LogP) is 2.94. The largest absolute Gasteiger partial charge is 0.337 e. The SMILES string of the molecule is CC1CCCN(Cc2ccccc2CNCc2cncn2C)C1. The van der Waals surface area contributed by atoms with Gasteiger partial charge in [0.1, 0.15) is 0 Å². The highest BCUT2D eigenvalue weighted by Crippen LogP contribution is 2.19. The van der Waals surface area contributed by atoms with Crippen LogP contribution in [0.25, 0.3) is 0 Å². The van der Waals surface area contributed by atoms with E-state index in [1.807, 2.05) is 19.6 Å². The van der Waals surface area contributed by atoms with Crippen molar-refractivity contribution in [3.8, 4) is 0 Å². The molecule has 0 radical (unpaired) electrons. The summed E-state index contributed by atoms with van der Waals surface area (Å²) < 4.78 is 2.06. The third kappa shape index (κ3) is 4.43. The third-order valence-corrected chi connectivity index (χ3v) is 4.79. The van der Waals surface area contributed by atoms with E-state index in [1.54, 1.807) is 0 Å². The summed E-state index contributed by atoms with van der Waals surface area (Å²) in [5.41, 5.74) is 4.08. The number of hydrogen-bond acceptors (Lipinski definition) is 3. The zero-order valence-corrected chi connectivity index (χ0v) is 14.3. The molecular weight excluding hydrogens is 284 g/mol. The van der Waals surface area contributed by atoms with Crippen LogP contribution in [0.3, 0.4) is 0 Å². The number of hydrogen-bond donors (Lipinski definition) is 1. The number of nitrogens with zero attached hydrogens (tertiary/aromatic N) is 3. The van der Waals surface area contributed by atoms with Gasteiger partial charge in [0.15, 0.2) is 0 Å². The Labute approximate surface area is 139 Å². The number of benzene rings is 1. The number of likely N-dealkylation sites (tertiary alicyclic amines) is 1. The maximum atomic E-state index is 4.17. The monoisotopic (exact) mass is 312 g/mol. The van der Waals surface area contributed by atoms with E-state index >= 15 is 0 Å². The van der Waals surface area contributed by atoms with Gasteiger partial charge in [-0.15, -0.1) is 0 Å². The molecule has 1 unspecified atom stereocenters. The number of rotatable bonds is 6.